The molecule has 2 aromatic rings. The van der Waals surface area contributed by atoms with E-state index in [4.69, 9.17) is 21.3 Å². The minimum atomic E-state index is -0.817. The molecule has 0 fully saturated rings. The van der Waals surface area contributed by atoms with Crippen molar-refractivity contribution < 1.29 is 19.4 Å². The molecule has 0 spiro atoms. The maximum Gasteiger partial charge on any atom is 0.337 e. The van der Waals surface area contributed by atoms with Crippen LogP contribution in [0.3, 0.4) is 0 Å². The van der Waals surface area contributed by atoms with Gasteiger partial charge in [-0.2, -0.15) is 0 Å². The van der Waals surface area contributed by atoms with Crippen molar-refractivity contribution in [3.63, 3.8) is 0 Å². The lowest BCUT2D eigenvalue weighted by molar-refractivity contribution is -0.137. The number of ether oxygens (including phenoxy) is 1. The molecule has 0 radical (unpaired) electrons. The van der Waals surface area contributed by atoms with E-state index in [-0.39, 0.29) is 28.8 Å². The van der Waals surface area contributed by atoms with Gasteiger partial charge in [-0.05, 0) is 31.2 Å². The van der Waals surface area contributed by atoms with Gasteiger partial charge < -0.3 is 26.6 Å². The Kier molecular flexibility index (Phi) is 6.31. The van der Waals surface area contributed by atoms with Gasteiger partial charge in [-0.25, -0.2) is 9.78 Å². The first-order valence-electron chi connectivity index (χ1n) is 7.56. The van der Waals surface area contributed by atoms with Crippen LogP contribution in [-0.2, 0) is 9.59 Å². The Morgan fingerprint density at radius 3 is 2.58 bits per heavy atom. The molecule has 0 aliphatic carbocycles. The third kappa shape index (κ3) is 5.06. The van der Waals surface area contributed by atoms with E-state index >= 15 is 0 Å². The van der Waals surface area contributed by atoms with Gasteiger partial charge in [0.25, 0.3) is 0 Å². The largest absolute Gasteiger partial charge is 0.422 e. The topological polar surface area (TPSA) is 165 Å². The number of pyridine rings is 1. The van der Waals surface area contributed by atoms with Gasteiger partial charge in [0.1, 0.15) is 23.8 Å². The van der Waals surface area contributed by atoms with Crippen LogP contribution >= 0.6 is 0 Å². The maximum absolute atomic E-state index is 11.6. The number of nitrogen functional groups attached to an aromatic ring is 1. The minimum Gasteiger partial charge on any atom is -0.422 e. The van der Waals surface area contributed by atoms with Gasteiger partial charge in [-0.15, -0.1) is 10.2 Å². The molecular weight excluding hydrogens is 340 g/mol. The smallest absolute Gasteiger partial charge is 0.337 e. The van der Waals surface area contributed by atoms with Crippen molar-refractivity contribution in [2.75, 3.05) is 17.7 Å². The van der Waals surface area contributed by atoms with Crippen LogP contribution in [0.5, 0.6) is 5.75 Å². The lowest BCUT2D eigenvalue weighted by Crippen LogP contribution is -2.32. The van der Waals surface area contributed by atoms with Crippen molar-refractivity contribution in [1.29, 1.82) is 0 Å². The highest BCUT2D eigenvalue weighted by Crippen LogP contribution is 2.30. The zero-order chi connectivity index (χ0) is 19.1. The number of nitrogens with one attached hydrogen (secondary N) is 1. The Balaban J connectivity index is 2.18. The third-order valence-corrected chi connectivity index (χ3v) is 3.05. The average Bonchev–Trinajstić information content (AvgIpc) is 2.62. The summed E-state index contributed by atoms with van der Waals surface area (Å²) in [7, 11) is 0. The minimum absolute atomic E-state index is 0.0426. The molecule has 0 aliphatic rings. The van der Waals surface area contributed by atoms with E-state index in [1.165, 1.54) is 18.2 Å². The van der Waals surface area contributed by atoms with Gasteiger partial charge in [-0.3, -0.25) is 4.79 Å². The predicted octanol–water partition coefficient (Wildman–Crippen LogP) is 1.26. The summed E-state index contributed by atoms with van der Waals surface area (Å²) in [6, 6.07) is 8.74. The van der Waals surface area contributed by atoms with Crippen molar-refractivity contribution in [3.05, 3.63) is 36.4 Å². The van der Waals surface area contributed by atoms with Gasteiger partial charge in [0, 0.05) is 0 Å². The first kappa shape index (κ1) is 19.0. The molecular formula is C16H18N6O4. The number of hydrogen-bond donors (Lipinski definition) is 4. The number of aliphatic hydroxyl groups is 1. The van der Waals surface area contributed by atoms with Crippen LogP contribution in [0.25, 0.3) is 0 Å². The van der Waals surface area contributed by atoms with E-state index < -0.39 is 24.5 Å². The van der Waals surface area contributed by atoms with Gasteiger partial charge in [0.05, 0.1) is 6.04 Å². The molecule has 0 saturated heterocycles. The molecule has 6 N–H and O–H groups in total. The van der Waals surface area contributed by atoms with Crippen molar-refractivity contribution >= 4 is 34.9 Å². The van der Waals surface area contributed by atoms with E-state index in [9.17, 15) is 9.59 Å². The quantitative estimate of drug-likeness (QED) is 0.343. The lowest BCUT2D eigenvalue weighted by atomic mass is 10.3. The van der Waals surface area contributed by atoms with E-state index in [0.717, 1.165) is 0 Å². The number of rotatable bonds is 6. The molecule has 26 heavy (non-hydrogen) atoms. The maximum atomic E-state index is 11.6. The van der Waals surface area contributed by atoms with Gasteiger partial charge in [0.2, 0.25) is 5.91 Å². The summed E-state index contributed by atoms with van der Waals surface area (Å²) in [4.78, 5) is 26.8. The molecule has 10 nitrogen and oxygen atoms in total. The summed E-state index contributed by atoms with van der Waals surface area (Å²) < 4.78 is 4.95. The molecule has 2 rings (SSSR count). The Bertz CT molecular complexity index is 837. The molecule has 1 aromatic heterocycles. The molecule has 0 unspecified atom stereocenters. The van der Waals surface area contributed by atoms with E-state index in [1.54, 1.807) is 25.1 Å². The van der Waals surface area contributed by atoms with E-state index in [2.05, 4.69) is 20.5 Å². The number of benzene rings is 1. The number of esters is 1. The summed E-state index contributed by atoms with van der Waals surface area (Å²) in [6.07, 6.45) is 0. The number of carbonyl (C=O) groups is 2. The van der Waals surface area contributed by atoms with Crippen molar-refractivity contribution in [1.82, 2.24) is 4.98 Å². The standard InChI is InChI=1S/C16H18N6O4/c1-9(17)16(25)20-13-7-6-11(15(18)19-13)22-21-10-4-2-3-5-12(10)26-14(24)8-23/h2-7,9,23H,8,17H2,1H3,(H3,18,19,20,25)/b22-21+/t9-/m0/s1. The van der Waals surface area contributed by atoms with Gasteiger partial charge in [0.15, 0.2) is 11.6 Å². The number of aliphatic hydroxyl groups excluding tert-OH is 1. The Labute approximate surface area is 148 Å². The van der Waals surface area contributed by atoms with Crippen molar-refractivity contribution in [2.24, 2.45) is 16.0 Å². The Morgan fingerprint density at radius 1 is 1.23 bits per heavy atom. The predicted molar refractivity (Wildman–Crippen MR) is 94.3 cm³/mol. The fraction of sp³-hybridized carbons (Fsp3) is 0.188. The van der Waals surface area contributed by atoms with Crippen LogP contribution in [-0.4, -0.2) is 34.6 Å². The second-order valence-electron chi connectivity index (χ2n) is 5.18. The van der Waals surface area contributed by atoms with Crippen LogP contribution < -0.4 is 21.5 Å². The first-order valence-corrected chi connectivity index (χ1v) is 7.56. The second-order valence-corrected chi connectivity index (χ2v) is 5.18. The number of aromatic nitrogens is 1. The van der Waals surface area contributed by atoms with E-state index in [1.807, 2.05) is 0 Å². The molecule has 0 saturated carbocycles. The van der Waals surface area contributed by atoms with E-state index in [0.29, 0.717) is 0 Å². The SMILES string of the molecule is C[C@H](N)C(=O)Nc1ccc(/N=N/c2ccccc2OC(=O)CO)c(N)n1. The molecule has 0 bridgehead atoms. The molecule has 1 heterocycles. The number of azo groups is 1. The van der Waals surface area contributed by atoms with Crippen LogP contribution in [0.2, 0.25) is 0 Å². The number of anilines is 2. The Hall–Kier alpha value is -3.37. The molecule has 10 heteroatoms. The number of para-hydroxylation sites is 1. The van der Waals surface area contributed by atoms with Crippen molar-refractivity contribution in [3.8, 4) is 5.75 Å². The van der Waals surface area contributed by atoms with Crippen LogP contribution in [0.4, 0.5) is 23.0 Å². The number of nitrogens with zero attached hydrogens (tertiary/aromatic N) is 3. The molecule has 1 atom stereocenters. The van der Waals surface area contributed by atoms with Crippen LogP contribution in [0.15, 0.2) is 46.6 Å². The molecule has 1 aromatic carbocycles. The van der Waals surface area contributed by atoms with Crippen LogP contribution in [0, 0.1) is 0 Å². The third-order valence-electron chi connectivity index (χ3n) is 3.05. The second kappa shape index (κ2) is 8.65. The normalized spacial score (nSPS) is 12.0. The van der Waals surface area contributed by atoms with Crippen molar-refractivity contribution in [2.45, 2.75) is 13.0 Å². The van der Waals surface area contributed by atoms with Gasteiger partial charge in [-0.1, -0.05) is 12.1 Å². The highest BCUT2D eigenvalue weighted by atomic mass is 16.5. The monoisotopic (exact) mass is 358 g/mol. The van der Waals surface area contributed by atoms with Crippen LogP contribution in [0.1, 0.15) is 6.92 Å². The summed E-state index contributed by atoms with van der Waals surface area (Å²) in [5, 5.41) is 19.2. The number of hydrogen-bond acceptors (Lipinski definition) is 9. The fourth-order valence-electron chi connectivity index (χ4n) is 1.75. The highest BCUT2D eigenvalue weighted by Gasteiger charge is 2.10. The highest BCUT2D eigenvalue weighted by molar-refractivity contribution is 5.93. The first-order chi connectivity index (χ1) is 12.4. The number of nitrogens with two attached hydrogens (primary N) is 2. The Morgan fingerprint density at radius 2 is 1.92 bits per heavy atom. The zero-order valence-corrected chi connectivity index (χ0v) is 13.9. The lowest BCUT2D eigenvalue weighted by Gasteiger charge is -2.08. The summed E-state index contributed by atoms with van der Waals surface area (Å²) >= 11 is 0. The summed E-state index contributed by atoms with van der Waals surface area (Å²) in [5.74, 6) is -0.793. The molecule has 0 aliphatic heterocycles. The average molecular weight is 358 g/mol. The molecule has 1 amide bonds. The van der Waals surface area contributed by atoms with Gasteiger partial charge >= 0.3 is 5.97 Å². The number of amides is 1. The summed E-state index contributed by atoms with van der Waals surface area (Å²) in [5.41, 5.74) is 11.8. The number of carbonyl (C=O) groups excluding carboxylic acids is 2. The summed E-state index contributed by atoms with van der Waals surface area (Å²) in [6.45, 7) is 0.791. The fourth-order valence-corrected chi connectivity index (χ4v) is 1.75. The zero-order valence-electron chi connectivity index (χ0n) is 13.9. The molecule has 136 valence electrons.